The monoisotopic (exact) mass is 367 g/mol. The molecule has 0 spiro atoms. The van der Waals surface area contributed by atoms with Crippen molar-refractivity contribution in [2.24, 2.45) is 0 Å². The largest absolute Gasteiger partial charge is 0.310 e. The van der Waals surface area contributed by atoms with Crippen LogP contribution in [0.25, 0.3) is 0 Å². The third kappa shape index (κ3) is 2.82. The van der Waals surface area contributed by atoms with Gasteiger partial charge in [-0.2, -0.15) is 5.10 Å². The number of nitrogens with one attached hydrogen (secondary N) is 1. The van der Waals surface area contributed by atoms with Crippen molar-refractivity contribution in [3.05, 3.63) is 46.9 Å². The topological polar surface area (TPSA) is 46.9 Å². The molecule has 0 saturated heterocycles. The molecule has 1 saturated carbocycles. The summed E-state index contributed by atoms with van der Waals surface area (Å²) in [6.45, 7) is 0. The van der Waals surface area contributed by atoms with Crippen LogP contribution in [-0.2, 0) is 4.79 Å². The Balaban J connectivity index is 1.81. The first kappa shape index (κ1) is 16.5. The van der Waals surface area contributed by atoms with Crippen molar-refractivity contribution >= 4 is 23.5 Å². The van der Waals surface area contributed by atoms with Crippen LogP contribution in [-0.4, -0.2) is 21.4 Å². The molecule has 2 heterocycles. The van der Waals surface area contributed by atoms with Crippen molar-refractivity contribution in [1.82, 2.24) is 9.78 Å². The summed E-state index contributed by atoms with van der Waals surface area (Å²) in [5.41, 5.74) is 0.639. The summed E-state index contributed by atoms with van der Waals surface area (Å²) in [4.78, 5) is 12.1. The quantitative estimate of drug-likeness (QED) is 0.810. The molecule has 1 aromatic heterocycles. The van der Waals surface area contributed by atoms with Gasteiger partial charge in [-0.3, -0.25) is 4.79 Å². The number of anilines is 1. The SMILES string of the molecule is O=C1CS[C@@H](c2ccc(F)c(F)c2F)c2cnn(C3CCCC3)c2N1. The lowest BCUT2D eigenvalue weighted by Crippen LogP contribution is -2.18. The van der Waals surface area contributed by atoms with E-state index in [1.807, 2.05) is 0 Å². The molecule has 0 unspecified atom stereocenters. The highest BCUT2D eigenvalue weighted by Crippen LogP contribution is 2.44. The first-order chi connectivity index (χ1) is 12.1. The zero-order valence-corrected chi connectivity index (χ0v) is 14.1. The number of thioether (sulfide) groups is 1. The Kier molecular flexibility index (Phi) is 4.23. The molecule has 0 radical (unpaired) electrons. The molecule has 0 bridgehead atoms. The summed E-state index contributed by atoms with van der Waals surface area (Å²) in [5, 5.41) is 6.62. The van der Waals surface area contributed by atoms with E-state index in [1.54, 1.807) is 10.9 Å². The molecule has 2 aromatic rings. The summed E-state index contributed by atoms with van der Waals surface area (Å²) in [6.07, 6.45) is 5.74. The molecule has 1 amide bonds. The Morgan fingerprint density at radius 2 is 1.88 bits per heavy atom. The summed E-state index contributed by atoms with van der Waals surface area (Å²) in [5.74, 6) is -3.51. The maximum absolute atomic E-state index is 14.3. The predicted molar refractivity (Wildman–Crippen MR) is 89.0 cm³/mol. The van der Waals surface area contributed by atoms with Crippen LogP contribution < -0.4 is 5.32 Å². The van der Waals surface area contributed by atoms with E-state index in [1.165, 1.54) is 17.8 Å². The standard InChI is InChI=1S/C17H16F3N3OS/c18-12-6-5-10(14(19)15(12)20)16-11-7-21-23(9-3-1-2-4-9)17(11)22-13(24)8-25-16/h5-7,9,16H,1-4,8H2,(H,22,24)/t16-/m0/s1. The number of rotatable bonds is 2. The maximum Gasteiger partial charge on any atom is 0.235 e. The number of hydrogen-bond donors (Lipinski definition) is 1. The van der Waals surface area contributed by atoms with Gasteiger partial charge in [-0.15, -0.1) is 11.8 Å². The number of nitrogens with zero attached hydrogens (tertiary/aromatic N) is 2. The number of benzene rings is 1. The van der Waals surface area contributed by atoms with Crippen molar-refractivity contribution in [3.63, 3.8) is 0 Å². The van der Waals surface area contributed by atoms with Gasteiger partial charge in [-0.05, 0) is 18.9 Å². The Labute approximate surface area is 146 Å². The number of amides is 1. The molecule has 1 aliphatic carbocycles. The van der Waals surface area contributed by atoms with Crippen molar-refractivity contribution in [2.75, 3.05) is 11.1 Å². The summed E-state index contributed by atoms with van der Waals surface area (Å²) < 4.78 is 43.1. The van der Waals surface area contributed by atoms with E-state index < -0.39 is 22.7 Å². The Morgan fingerprint density at radius 3 is 2.64 bits per heavy atom. The van der Waals surface area contributed by atoms with Crippen LogP contribution in [0.2, 0.25) is 0 Å². The second-order valence-electron chi connectivity index (χ2n) is 6.34. The lowest BCUT2D eigenvalue weighted by atomic mass is 10.1. The molecule has 132 valence electrons. The molecule has 2 aliphatic rings. The van der Waals surface area contributed by atoms with E-state index in [2.05, 4.69) is 10.4 Å². The molecule has 1 aliphatic heterocycles. The van der Waals surface area contributed by atoms with Crippen LogP contribution in [0.5, 0.6) is 0 Å². The fraction of sp³-hybridized carbons (Fsp3) is 0.412. The van der Waals surface area contributed by atoms with Crippen LogP contribution in [0.4, 0.5) is 19.0 Å². The van der Waals surface area contributed by atoms with Crippen LogP contribution in [0, 0.1) is 17.5 Å². The second kappa shape index (κ2) is 6.40. The molecule has 1 fully saturated rings. The Bertz CT molecular complexity index is 833. The van der Waals surface area contributed by atoms with E-state index >= 15 is 0 Å². The maximum atomic E-state index is 14.3. The number of fused-ring (bicyclic) bond motifs is 1. The van der Waals surface area contributed by atoms with Gasteiger partial charge in [0, 0.05) is 11.1 Å². The first-order valence-corrected chi connectivity index (χ1v) is 9.23. The zero-order valence-electron chi connectivity index (χ0n) is 13.3. The normalized spacial score (nSPS) is 21.1. The fourth-order valence-electron chi connectivity index (χ4n) is 3.54. The fourth-order valence-corrected chi connectivity index (χ4v) is 4.64. The average molecular weight is 367 g/mol. The lowest BCUT2D eigenvalue weighted by Gasteiger charge is -2.17. The Morgan fingerprint density at radius 1 is 1.12 bits per heavy atom. The molecular formula is C17H16F3N3OS. The van der Waals surface area contributed by atoms with E-state index in [9.17, 15) is 18.0 Å². The average Bonchev–Trinajstić information content (AvgIpc) is 3.22. The van der Waals surface area contributed by atoms with Crippen molar-refractivity contribution < 1.29 is 18.0 Å². The van der Waals surface area contributed by atoms with Gasteiger partial charge in [0.05, 0.1) is 23.2 Å². The lowest BCUT2D eigenvalue weighted by molar-refractivity contribution is -0.113. The van der Waals surface area contributed by atoms with Crippen LogP contribution in [0.3, 0.4) is 0 Å². The van der Waals surface area contributed by atoms with Gasteiger partial charge in [0.15, 0.2) is 17.5 Å². The van der Waals surface area contributed by atoms with E-state index in [-0.39, 0.29) is 23.3 Å². The van der Waals surface area contributed by atoms with E-state index in [0.717, 1.165) is 31.7 Å². The molecule has 1 atom stereocenters. The highest BCUT2D eigenvalue weighted by Gasteiger charge is 2.32. The van der Waals surface area contributed by atoms with Gasteiger partial charge in [-0.1, -0.05) is 18.9 Å². The number of aromatic nitrogens is 2. The van der Waals surface area contributed by atoms with Gasteiger partial charge in [0.2, 0.25) is 5.91 Å². The molecule has 8 heteroatoms. The molecular weight excluding hydrogens is 351 g/mol. The zero-order chi connectivity index (χ0) is 17.6. The van der Waals surface area contributed by atoms with Crippen molar-refractivity contribution in [3.8, 4) is 0 Å². The molecule has 1 aromatic carbocycles. The Hall–Kier alpha value is -1.96. The molecule has 25 heavy (non-hydrogen) atoms. The van der Waals surface area contributed by atoms with Gasteiger partial charge in [0.1, 0.15) is 5.82 Å². The number of hydrogen-bond acceptors (Lipinski definition) is 3. The highest BCUT2D eigenvalue weighted by atomic mass is 32.2. The summed E-state index contributed by atoms with van der Waals surface area (Å²) in [6, 6.07) is 2.34. The number of carbonyl (C=O) groups excluding carboxylic acids is 1. The van der Waals surface area contributed by atoms with Crippen LogP contribution in [0.1, 0.15) is 48.1 Å². The first-order valence-electron chi connectivity index (χ1n) is 8.18. The second-order valence-corrected chi connectivity index (χ2v) is 7.43. The third-order valence-electron chi connectivity index (χ3n) is 4.76. The van der Waals surface area contributed by atoms with E-state index in [0.29, 0.717) is 11.4 Å². The third-order valence-corrected chi connectivity index (χ3v) is 6.03. The van der Waals surface area contributed by atoms with Crippen LogP contribution in [0.15, 0.2) is 18.3 Å². The summed E-state index contributed by atoms with van der Waals surface area (Å²) in [7, 11) is 0. The van der Waals surface area contributed by atoms with E-state index in [4.69, 9.17) is 0 Å². The predicted octanol–water partition coefficient (Wildman–Crippen LogP) is 4.19. The minimum absolute atomic E-state index is 0.0209. The number of carbonyl (C=O) groups is 1. The summed E-state index contributed by atoms with van der Waals surface area (Å²) >= 11 is 1.18. The molecule has 4 rings (SSSR count). The van der Waals surface area contributed by atoms with Crippen molar-refractivity contribution in [1.29, 1.82) is 0 Å². The highest BCUT2D eigenvalue weighted by molar-refractivity contribution is 8.00. The van der Waals surface area contributed by atoms with Gasteiger partial charge in [-0.25, -0.2) is 17.9 Å². The molecule has 4 nitrogen and oxygen atoms in total. The molecule has 1 N–H and O–H groups in total. The smallest absolute Gasteiger partial charge is 0.235 e. The minimum atomic E-state index is -1.49. The van der Waals surface area contributed by atoms with Gasteiger partial charge < -0.3 is 5.32 Å². The minimum Gasteiger partial charge on any atom is -0.310 e. The van der Waals surface area contributed by atoms with Gasteiger partial charge >= 0.3 is 0 Å². The van der Waals surface area contributed by atoms with Crippen LogP contribution >= 0.6 is 11.8 Å². The van der Waals surface area contributed by atoms with Crippen molar-refractivity contribution in [2.45, 2.75) is 37.0 Å². The number of halogens is 3. The van der Waals surface area contributed by atoms with Gasteiger partial charge in [0.25, 0.3) is 0 Å².